The van der Waals surface area contributed by atoms with Gasteiger partial charge in [0, 0.05) is 30.3 Å². The molecular formula is C28H35N5O8S. The number of hydrogen-bond donors (Lipinski definition) is 1. The number of hydrogen-bond acceptors (Lipinski definition) is 11. The van der Waals surface area contributed by atoms with Crippen LogP contribution in [0, 0.1) is 5.92 Å². The highest BCUT2D eigenvalue weighted by molar-refractivity contribution is 7.89. The summed E-state index contributed by atoms with van der Waals surface area (Å²) in [5, 5.41) is 7.01. The zero-order chi connectivity index (χ0) is 29.7. The number of morpholine rings is 1. The smallest absolute Gasteiger partial charge is 0.246 e. The summed E-state index contributed by atoms with van der Waals surface area (Å²) < 4.78 is 54.7. The third kappa shape index (κ3) is 6.51. The lowest BCUT2D eigenvalue weighted by Gasteiger charge is -2.30. The van der Waals surface area contributed by atoms with Gasteiger partial charge >= 0.3 is 0 Å². The van der Waals surface area contributed by atoms with E-state index in [4.69, 9.17) is 23.5 Å². The van der Waals surface area contributed by atoms with Crippen molar-refractivity contribution < 1.29 is 36.7 Å². The summed E-state index contributed by atoms with van der Waals surface area (Å²) >= 11 is 0. The van der Waals surface area contributed by atoms with Gasteiger partial charge in [-0.15, -0.1) is 0 Å². The Labute approximate surface area is 244 Å². The van der Waals surface area contributed by atoms with Crippen molar-refractivity contribution in [3.8, 4) is 28.6 Å². The highest BCUT2D eigenvalue weighted by Gasteiger charge is 2.31. The lowest BCUT2D eigenvalue weighted by molar-refractivity contribution is -0.121. The van der Waals surface area contributed by atoms with Gasteiger partial charge in [-0.1, -0.05) is 5.16 Å². The number of aromatic nitrogens is 2. The predicted octanol–water partition coefficient (Wildman–Crippen LogP) is 2.63. The molecule has 1 aromatic heterocycles. The second kappa shape index (κ2) is 13.1. The molecule has 2 fully saturated rings. The van der Waals surface area contributed by atoms with E-state index in [2.05, 4.69) is 20.4 Å². The molecule has 0 bridgehead atoms. The Morgan fingerprint density at radius 2 is 1.64 bits per heavy atom. The van der Waals surface area contributed by atoms with Crippen LogP contribution in [0.25, 0.3) is 11.4 Å². The molecule has 2 aliphatic rings. The number of piperidine rings is 1. The van der Waals surface area contributed by atoms with Gasteiger partial charge in [-0.25, -0.2) is 8.42 Å². The minimum atomic E-state index is -3.81. The highest BCUT2D eigenvalue weighted by atomic mass is 32.2. The van der Waals surface area contributed by atoms with Crippen molar-refractivity contribution in [1.82, 2.24) is 19.3 Å². The van der Waals surface area contributed by atoms with Crippen molar-refractivity contribution in [1.29, 1.82) is 0 Å². The van der Waals surface area contributed by atoms with Crippen LogP contribution in [-0.2, 0) is 26.1 Å². The van der Waals surface area contributed by atoms with E-state index in [0.717, 1.165) is 5.56 Å². The third-order valence-electron chi connectivity index (χ3n) is 7.45. The Morgan fingerprint density at radius 3 is 2.33 bits per heavy atom. The molecule has 2 saturated heterocycles. The standard InChI is InChI=1S/C28H35N5O8S/c1-37-22-6-4-20(16-24(22)39-3)27-30-26(41-31-27)18-32-10-8-19(9-11-32)28(34)29-21-5-7-23(38-2)25(17-21)42(35,36)33-12-14-40-15-13-33/h4-7,16-17,19H,8-15,18H2,1-3H3,(H,29,34). The lowest BCUT2D eigenvalue weighted by atomic mass is 9.96. The van der Waals surface area contributed by atoms with Gasteiger partial charge in [-0.3, -0.25) is 9.69 Å². The highest BCUT2D eigenvalue weighted by Crippen LogP contribution is 2.32. The molecule has 0 spiro atoms. The van der Waals surface area contributed by atoms with Crippen LogP contribution in [0.3, 0.4) is 0 Å². The van der Waals surface area contributed by atoms with Crippen molar-refractivity contribution >= 4 is 21.6 Å². The molecule has 0 aliphatic carbocycles. The van der Waals surface area contributed by atoms with Crippen LogP contribution >= 0.6 is 0 Å². The van der Waals surface area contributed by atoms with E-state index < -0.39 is 10.0 Å². The molecular weight excluding hydrogens is 566 g/mol. The van der Waals surface area contributed by atoms with Crippen LogP contribution < -0.4 is 19.5 Å². The van der Waals surface area contributed by atoms with Crippen LogP contribution in [0.4, 0.5) is 5.69 Å². The number of carbonyl (C=O) groups is 1. The van der Waals surface area contributed by atoms with Gasteiger partial charge in [-0.2, -0.15) is 9.29 Å². The average Bonchev–Trinajstić information content (AvgIpc) is 3.49. The summed E-state index contributed by atoms with van der Waals surface area (Å²) in [5.74, 6) is 1.98. The lowest BCUT2D eigenvalue weighted by Crippen LogP contribution is -2.40. The number of nitrogens with zero attached hydrogens (tertiary/aromatic N) is 4. The van der Waals surface area contributed by atoms with Crippen molar-refractivity contribution in [3.05, 3.63) is 42.3 Å². The van der Waals surface area contributed by atoms with Crippen molar-refractivity contribution in [2.75, 3.05) is 66.0 Å². The maximum absolute atomic E-state index is 13.3. The molecule has 14 heteroatoms. The maximum atomic E-state index is 13.3. The topological polar surface area (TPSA) is 146 Å². The molecule has 0 radical (unpaired) electrons. The fourth-order valence-electron chi connectivity index (χ4n) is 5.08. The molecule has 1 N–H and O–H groups in total. The molecule has 13 nitrogen and oxygen atoms in total. The number of amides is 1. The van der Waals surface area contributed by atoms with Gasteiger partial charge in [0.2, 0.25) is 27.6 Å². The van der Waals surface area contributed by atoms with E-state index in [-0.39, 0.29) is 35.6 Å². The quantitative estimate of drug-likeness (QED) is 0.366. The zero-order valence-electron chi connectivity index (χ0n) is 23.9. The summed E-state index contributed by atoms with van der Waals surface area (Å²) in [7, 11) is 0.756. The van der Waals surface area contributed by atoms with E-state index in [1.807, 2.05) is 6.07 Å². The first-order chi connectivity index (χ1) is 20.3. The van der Waals surface area contributed by atoms with Crippen molar-refractivity contribution in [3.63, 3.8) is 0 Å². The number of anilines is 1. The maximum Gasteiger partial charge on any atom is 0.246 e. The Balaban J connectivity index is 1.17. The second-order valence-electron chi connectivity index (χ2n) is 10.0. The van der Waals surface area contributed by atoms with Crippen LogP contribution in [0.1, 0.15) is 18.7 Å². The zero-order valence-corrected chi connectivity index (χ0v) is 24.7. The van der Waals surface area contributed by atoms with Gasteiger partial charge in [0.1, 0.15) is 10.6 Å². The molecule has 0 unspecified atom stereocenters. The van der Waals surface area contributed by atoms with Gasteiger partial charge in [-0.05, 0) is 62.3 Å². The van der Waals surface area contributed by atoms with Crippen LogP contribution in [0.15, 0.2) is 45.8 Å². The Morgan fingerprint density at radius 1 is 0.952 bits per heavy atom. The van der Waals surface area contributed by atoms with Gasteiger partial charge in [0.25, 0.3) is 0 Å². The molecule has 3 aromatic rings. The minimum Gasteiger partial charge on any atom is -0.495 e. The van der Waals surface area contributed by atoms with Gasteiger partial charge in [0.05, 0.1) is 41.1 Å². The molecule has 226 valence electrons. The minimum absolute atomic E-state index is 0.0199. The van der Waals surface area contributed by atoms with Crippen molar-refractivity contribution in [2.24, 2.45) is 5.92 Å². The number of ether oxygens (including phenoxy) is 4. The summed E-state index contributed by atoms with van der Waals surface area (Å²) in [6.07, 6.45) is 1.27. The van der Waals surface area contributed by atoms with Crippen LogP contribution in [-0.4, -0.2) is 94.4 Å². The molecule has 0 atom stereocenters. The monoisotopic (exact) mass is 601 g/mol. The number of likely N-dealkylation sites (tertiary alicyclic amines) is 1. The number of carbonyl (C=O) groups excluding carboxylic acids is 1. The Hall–Kier alpha value is -3.72. The molecule has 1 amide bonds. The molecule has 2 aliphatic heterocycles. The average molecular weight is 602 g/mol. The van der Waals surface area contributed by atoms with E-state index in [1.165, 1.54) is 17.5 Å². The number of methoxy groups -OCH3 is 3. The summed E-state index contributed by atoms with van der Waals surface area (Å²) in [4.78, 5) is 19.8. The first kappa shape index (κ1) is 29.8. The third-order valence-corrected chi connectivity index (χ3v) is 9.37. The first-order valence-electron chi connectivity index (χ1n) is 13.7. The fourth-order valence-corrected chi connectivity index (χ4v) is 6.67. The van der Waals surface area contributed by atoms with Gasteiger partial charge < -0.3 is 28.8 Å². The van der Waals surface area contributed by atoms with E-state index in [1.54, 1.807) is 38.5 Å². The van der Waals surface area contributed by atoms with Crippen LogP contribution in [0.2, 0.25) is 0 Å². The Bertz CT molecular complexity index is 1500. The Kier molecular flexibility index (Phi) is 9.26. The number of sulfonamides is 1. The normalized spacial score (nSPS) is 17.1. The van der Waals surface area contributed by atoms with E-state index >= 15 is 0 Å². The predicted molar refractivity (Wildman–Crippen MR) is 152 cm³/mol. The summed E-state index contributed by atoms with van der Waals surface area (Å²) in [6, 6.07) is 10.1. The summed E-state index contributed by atoms with van der Waals surface area (Å²) in [5.41, 5.74) is 1.15. The van der Waals surface area contributed by atoms with E-state index in [0.29, 0.717) is 74.6 Å². The molecule has 0 saturated carbocycles. The number of rotatable bonds is 10. The SMILES string of the molecule is COc1ccc(-c2noc(CN3CCC(C(=O)Nc4ccc(OC)c(S(=O)(=O)N5CCOCC5)c4)CC3)n2)cc1OC. The molecule has 42 heavy (non-hydrogen) atoms. The second-order valence-corrected chi connectivity index (χ2v) is 11.9. The van der Waals surface area contributed by atoms with Crippen LogP contribution in [0.5, 0.6) is 17.2 Å². The number of benzene rings is 2. The fraction of sp³-hybridized carbons (Fsp3) is 0.464. The molecule has 5 rings (SSSR count). The molecule has 3 heterocycles. The van der Waals surface area contributed by atoms with Gasteiger partial charge in [0.15, 0.2) is 11.5 Å². The van der Waals surface area contributed by atoms with E-state index in [9.17, 15) is 13.2 Å². The largest absolute Gasteiger partial charge is 0.495 e. The molecule has 2 aromatic carbocycles. The summed E-state index contributed by atoms with van der Waals surface area (Å²) in [6.45, 7) is 3.01. The first-order valence-corrected chi connectivity index (χ1v) is 15.1. The van der Waals surface area contributed by atoms with Crippen molar-refractivity contribution in [2.45, 2.75) is 24.3 Å². The number of nitrogens with one attached hydrogen (secondary N) is 1.